The number of hydrogen-bond donors (Lipinski definition) is 1. The first-order chi connectivity index (χ1) is 5.34. The van der Waals surface area contributed by atoms with E-state index in [9.17, 15) is 4.79 Å². The molecule has 0 bridgehead atoms. The second kappa shape index (κ2) is 3.74. The van der Waals surface area contributed by atoms with Crippen molar-refractivity contribution in [3.05, 3.63) is 23.5 Å². The molecule has 1 heterocycles. The van der Waals surface area contributed by atoms with Crippen LogP contribution in [0.2, 0.25) is 0 Å². The molecule has 0 radical (unpaired) electrons. The van der Waals surface area contributed by atoms with Gasteiger partial charge >= 0.3 is 0 Å². The Balaban J connectivity index is 2.84. The third-order valence-electron chi connectivity index (χ3n) is 1.51. The second-order valence-corrected chi connectivity index (χ2v) is 2.32. The molecule has 3 heteroatoms. The summed E-state index contributed by atoms with van der Waals surface area (Å²) >= 11 is 0. The lowest BCUT2D eigenvalue weighted by Crippen LogP contribution is -2.17. The highest BCUT2D eigenvalue weighted by molar-refractivity contribution is 5.39. The van der Waals surface area contributed by atoms with E-state index in [0.29, 0.717) is 5.70 Å². The van der Waals surface area contributed by atoms with E-state index < -0.39 is 0 Å². The lowest BCUT2D eigenvalue weighted by Gasteiger charge is -2.11. The third-order valence-corrected chi connectivity index (χ3v) is 1.51. The number of isocyanates is 1. The average Bonchev–Trinajstić information content (AvgIpc) is 2.07. The summed E-state index contributed by atoms with van der Waals surface area (Å²) in [5.41, 5.74) is 1.61. The molecular weight excluding hydrogens is 140 g/mol. The van der Waals surface area contributed by atoms with Gasteiger partial charge in [-0.15, -0.1) is 0 Å². The predicted molar refractivity (Wildman–Crippen MR) is 42.6 cm³/mol. The first-order valence-electron chi connectivity index (χ1n) is 3.54. The van der Waals surface area contributed by atoms with Gasteiger partial charge in [-0.25, -0.2) is 4.79 Å². The van der Waals surface area contributed by atoms with Crippen LogP contribution in [0.4, 0.5) is 0 Å². The van der Waals surface area contributed by atoms with Crippen molar-refractivity contribution in [2.75, 3.05) is 6.54 Å². The van der Waals surface area contributed by atoms with E-state index in [0.717, 1.165) is 18.7 Å². The predicted octanol–water partition coefficient (Wildman–Crippen LogP) is 1.10. The average molecular weight is 150 g/mol. The van der Waals surface area contributed by atoms with Crippen LogP contribution in [0.1, 0.15) is 13.3 Å². The Labute approximate surface area is 65.5 Å². The molecule has 0 saturated heterocycles. The molecule has 0 saturated carbocycles. The molecule has 1 aliphatic rings. The fraction of sp³-hybridized carbons (Fsp3) is 0.375. The molecule has 0 spiro atoms. The van der Waals surface area contributed by atoms with Crippen molar-refractivity contribution >= 4 is 6.08 Å². The smallest absolute Gasteiger partial charge is 0.240 e. The number of aliphatic imine (C=N–C) groups is 1. The van der Waals surface area contributed by atoms with Gasteiger partial charge in [-0.2, -0.15) is 4.99 Å². The van der Waals surface area contributed by atoms with Gasteiger partial charge in [0.2, 0.25) is 6.08 Å². The lowest BCUT2D eigenvalue weighted by molar-refractivity contribution is 0.564. The van der Waals surface area contributed by atoms with Gasteiger partial charge in [0.1, 0.15) is 0 Å². The maximum Gasteiger partial charge on any atom is 0.240 e. The zero-order chi connectivity index (χ0) is 8.10. The van der Waals surface area contributed by atoms with Gasteiger partial charge in [0.25, 0.3) is 0 Å². The fourth-order valence-electron chi connectivity index (χ4n) is 0.927. The fourth-order valence-corrected chi connectivity index (χ4v) is 0.927. The van der Waals surface area contributed by atoms with Gasteiger partial charge in [-0.3, -0.25) is 0 Å². The molecule has 0 amide bonds. The summed E-state index contributed by atoms with van der Waals surface area (Å²) in [5, 5.41) is 3.12. The first kappa shape index (κ1) is 7.76. The summed E-state index contributed by atoms with van der Waals surface area (Å²) in [6.45, 7) is 2.69. The molecule has 1 N–H and O–H groups in total. The summed E-state index contributed by atoms with van der Waals surface area (Å²) < 4.78 is 0. The summed E-state index contributed by atoms with van der Waals surface area (Å²) in [7, 11) is 0. The molecule has 0 aromatic heterocycles. The minimum atomic E-state index is 0.691. The number of nitrogens with one attached hydrogen (secondary N) is 1. The standard InChI is InChI=1S/C8H10N2O/c1-7(10-6-11)8-4-2-3-5-9-8/h2,4,9H,3,5H2,1H3. The molecule has 0 aromatic rings. The van der Waals surface area contributed by atoms with E-state index in [1.54, 1.807) is 6.92 Å². The van der Waals surface area contributed by atoms with Crippen LogP contribution in [0.25, 0.3) is 0 Å². The van der Waals surface area contributed by atoms with Crippen LogP contribution in [-0.2, 0) is 4.79 Å². The van der Waals surface area contributed by atoms with Crippen LogP contribution in [0.3, 0.4) is 0 Å². The van der Waals surface area contributed by atoms with Crippen molar-refractivity contribution in [1.82, 2.24) is 5.32 Å². The molecular formula is C8H10N2O. The maximum atomic E-state index is 9.88. The van der Waals surface area contributed by atoms with Crippen LogP contribution in [0.5, 0.6) is 0 Å². The van der Waals surface area contributed by atoms with Crippen molar-refractivity contribution < 1.29 is 4.79 Å². The largest absolute Gasteiger partial charge is 0.383 e. The number of rotatable bonds is 1. The zero-order valence-electron chi connectivity index (χ0n) is 6.42. The summed E-state index contributed by atoms with van der Waals surface area (Å²) in [6, 6.07) is 0. The Morgan fingerprint density at radius 3 is 3.18 bits per heavy atom. The molecule has 0 unspecified atom stereocenters. The zero-order valence-corrected chi connectivity index (χ0v) is 6.42. The highest BCUT2D eigenvalue weighted by Crippen LogP contribution is 2.07. The molecule has 1 rings (SSSR count). The number of nitrogens with zero attached hydrogens (tertiary/aromatic N) is 1. The lowest BCUT2D eigenvalue weighted by atomic mass is 10.2. The first-order valence-corrected chi connectivity index (χ1v) is 3.54. The van der Waals surface area contributed by atoms with Crippen molar-refractivity contribution in [2.24, 2.45) is 4.99 Å². The van der Waals surface area contributed by atoms with E-state index in [4.69, 9.17) is 0 Å². The van der Waals surface area contributed by atoms with Crippen LogP contribution in [0, 0.1) is 0 Å². The number of allylic oxidation sites excluding steroid dienone is 2. The Kier molecular flexibility index (Phi) is 2.64. The molecule has 0 aromatic carbocycles. The number of carbonyl (C=O) groups excluding carboxylic acids is 1. The molecule has 11 heavy (non-hydrogen) atoms. The molecule has 0 fully saturated rings. The second-order valence-electron chi connectivity index (χ2n) is 2.32. The van der Waals surface area contributed by atoms with Crippen LogP contribution < -0.4 is 5.32 Å². The monoisotopic (exact) mass is 150 g/mol. The van der Waals surface area contributed by atoms with E-state index >= 15 is 0 Å². The molecule has 58 valence electrons. The van der Waals surface area contributed by atoms with Crippen molar-refractivity contribution in [2.45, 2.75) is 13.3 Å². The normalized spacial score (nSPS) is 20.1. The van der Waals surface area contributed by atoms with Gasteiger partial charge in [-0.1, -0.05) is 6.08 Å². The van der Waals surface area contributed by atoms with Gasteiger partial charge in [0, 0.05) is 6.54 Å². The Morgan fingerprint density at radius 1 is 1.82 bits per heavy atom. The van der Waals surface area contributed by atoms with Crippen LogP contribution in [0.15, 0.2) is 28.5 Å². The van der Waals surface area contributed by atoms with Crippen molar-refractivity contribution in [1.29, 1.82) is 0 Å². The summed E-state index contributed by atoms with van der Waals surface area (Å²) in [5.74, 6) is 0. The topological polar surface area (TPSA) is 41.5 Å². The van der Waals surface area contributed by atoms with Crippen LogP contribution in [-0.4, -0.2) is 12.6 Å². The van der Waals surface area contributed by atoms with Gasteiger partial charge in [0.15, 0.2) is 0 Å². The molecule has 0 atom stereocenters. The summed E-state index contributed by atoms with van der Waals surface area (Å²) in [4.78, 5) is 13.4. The molecule has 1 aliphatic heterocycles. The minimum absolute atomic E-state index is 0.691. The maximum absolute atomic E-state index is 9.88. The Morgan fingerprint density at radius 2 is 2.64 bits per heavy atom. The molecule has 0 aliphatic carbocycles. The minimum Gasteiger partial charge on any atom is -0.383 e. The van der Waals surface area contributed by atoms with E-state index in [1.165, 1.54) is 6.08 Å². The molecule has 3 nitrogen and oxygen atoms in total. The highest BCUT2D eigenvalue weighted by atomic mass is 16.1. The summed E-state index contributed by atoms with van der Waals surface area (Å²) in [6.07, 6.45) is 6.52. The van der Waals surface area contributed by atoms with Crippen molar-refractivity contribution in [3.63, 3.8) is 0 Å². The Bertz CT molecular complexity index is 247. The quantitative estimate of drug-likeness (QED) is 0.449. The van der Waals surface area contributed by atoms with Gasteiger partial charge < -0.3 is 5.32 Å². The van der Waals surface area contributed by atoms with Crippen LogP contribution >= 0.6 is 0 Å². The van der Waals surface area contributed by atoms with Gasteiger partial charge in [-0.05, 0) is 19.4 Å². The third kappa shape index (κ3) is 2.06. The SMILES string of the molecule is CC(N=C=O)=C1C=CCCN1. The van der Waals surface area contributed by atoms with E-state index in [2.05, 4.69) is 16.4 Å². The van der Waals surface area contributed by atoms with E-state index in [1.807, 2.05) is 6.08 Å². The van der Waals surface area contributed by atoms with Crippen molar-refractivity contribution in [3.8, 4) is 0 Å². The number of hydrogen-bond acceptors (Lipinski definition) is 3. The Hall–Kier alpha value is -1.34. The van der Waals surface area contributed by atoms with E-state index in [-0.39, 0.29) is 0 Å². The van der Waals surface area contributed by atoms with Gasteiger partial charge in [0.05, 0.1) is 11.4 Å². The highest BCUT2D eigenvalue weighted by Gasteiger charge is 1.99.